The maximum absolute atomic E-state index is 14.2. The molecule has 6 fully saturated rings. The third-order valence-electron chi connectivity index (χ3n) is 27.3. The van der Waals surface area contributed by atoms with E-state index in [0.29, 0.717) is 117 Å². The number of rotatable bonds is 27. The molecule has 0 radical (unpaired) electrons. The van der Waals surface area contributed by atoms with Crippen molar-refractivity contribution >= 4 is 89.6 Å². The molecule has 10 aromatic heterocycles. The molecule has 33 heteroatoms. The quantitative estimate of drug-likeness (QED) is 0.0371. The van der Waals surface area contributed by atoms with Crippen LogP contribution in [0.15, 0.2) is 222 Å². The average molecular weight is 1890 g/mol. The Labute approximate surface area is 809 Å². The van der Waals surface area contributed by atoms with Gasteiger partial charge in [0.05, 0.1) is 42.1 Å². The first-order chi connectivity index (χ1) is 67.6. The SMILES string of the molecule is CN1CCCC(Oc2ccc(Nc3ncc4cc(-c5ccc(-c6ccncc6)nc5)c(=O)n(CCN5CCOCC5)c4n3)cc2)C1.Cc1cc(C2CCCC2)cnc1-c1cc2cnc(Nc3ccc(N(C)C4CCCNC4)cc3)nc2n(CC(=O)N2CCCC2)c1=O.Cc1nc(-c2ccccc2)ccc1-c1cc2cnc(Nc3ccc(OC4CCN(C)CC4)cc3)nc2n(CCN(C)S(C)(=O)=O)c1=O. The number of nitrogens with one attached hydrogen (secondary N) is 4. The van der Waals surface area contributed by atoms with Crippen molar-refractivity contribution in [2.45, 2.75) is 135 Å². The van der Waals surface area contributed by atoms with Gasteiger partial charge in [-0.3, -0.25) is 57.7 Å². The van der Waals surface area contributed by atoms with Crippen LogP contribution in [0.1, 0.15) is 99.8 Å². The van der Waals surface area contributed by atoms with Gasteiger partial charge in [-0.1, -0.05) is 61.4 Å². The lowest BCUT2D eigenvalue weighted by Crippen LogP contribution is -2.44. The summed E-state index contributed by atoms with van der Waals surface area (Å²) in [6.07, 6.45) is 27.3. The Morgan fingerprint density at radius 3 is 1.67 bits per heavy atom. The number of nitrogens with zero attached hydrogens (tertiary/aromatic N) is 19. The molecule has 5 saturated heterocycles. The molecule has 0 spiro atoms. The van der Waals surface area contributed by atoms with E-state index in [1.54, 1.807) is 47.8 Å². The Morgan fingerprint density at radius 2 is 1.08 bits per heavy atom. The second-order valence-electron chi connectivity index (χ2n) is 37.1. The lowest BCUT2D eigenvalue weighted by molar-refractivity contribution is -0.130. The molecule has 6 aliphatic rings. The number of aryl methyl sites for hydroxylation is 2. The summed E-state index contributed by atoms with van der Waals surface area (Å²) in [5, 5.41) is 15.4. The van der Waals surface area contributed by atoms with Gasteiger partial charge in [-0.25, -0.2) is 27.7 Å². The zero-order valence-corrected chi connectivity index (χ0v) is 80.8. The van der Waals surface area contributed by atoms with Crippen molar-refractivity contribution in [3.63, 3.8) is 0 Å². The van der Waals surface area contributed by atoms with Gasteiger partial charge in [-0.15, -0.1) is 0 Å². The zero-order valence-electron chi connectivity index (χ0n) is 80.0. The van der Waals surface area contributed by atoms with E-state index < -0.39 is 10.0 Å². The Balaban J connectivity index is 0.000000138. The number of ether oxygens (including phenoxy) is 3. The van der Waals surface area contributed by atoms with E-state index in [2.05, 4.69) is 105 Å². The molecule has 1 saturated carbocycles. The molecule has 1 aliphatic carbocycles. The van der Waals surface area contributed by atoms with Gasteiger partial charge in [0.1, 0.15) is 47.2 Å². The van der Waals surface area contributed by atoms with E-state index in [9.17, 15) is 27.6 Å². The highest BCUT2D eigenvalue weighted by Crippen LogP contribution is 2.37. The summed E-state index contributed by atoms with van der Waals surface area (Å²) in [5.74, 6) is 3.22. The van der Waals surface area contributed by atoms with Gasteiger partial charge in [0.25, 0.3) is 16.7 Å². The largest absolute Gasteiger partial charge is 0.490 e. The fourth-order valence-corrected chi connectivity index (χ4v) is 19.6. The number of pyridine rings is 7. The molecular formula is C106H121N23O9S. The summed E-state index contributed by atoms with van der Waals surface area (Å²) in [5.41, 5.74) is 14.4. The first kappa shape index (κ1) is 95.6. The molecule has 0 bridgehead atoms. The van der Waals surface area contributed by atoms with Crippen LogP contribution in [-0.2, 0) is 39.2 Å². The van der Waals surface area contributed by atoms with Crippen LogP contribution in [-0.4, -0.2) is 246 Å². The number of hydrogen-bond acceptors (Lipinski definition) is 27. The van der Waals surface area contributed by atoms with Gasteiger partial charge < -0.3 is 55.1 Å². The number of fused-ring (bicyclic) bond motifs is 3. The van der Waals surface area contributed by atoms with Crippen molar-refractivity contribution in [1.29, 1.82) is 0 Å². The second-order valence-corrected chi connectivity index (χ2v) is 39.2. The minimum Gasteiger partial charge on any atom is -0.490 e. The molecule has 2 atom stereocenters. The van der Waals surface area contributed by atoms with E-state index in [1.807, 2.05) is 164 Å². The van der Waals surface area contributed by atoms with Crippen molar-refractivity contribution in [2.24, 2.45) is 0 Å². The van der Waals surface area contributed by atoms with Crippen LogP contribution in [0.3, 0.4) is 0 Å². The number of piperidine rings is 3. The summed E-state index contributed by atoms with van der Waals surface area (Å²) >= 11 is 0. The van der Waals surface area contributed by atoms with Crippen LogP contribution in [0, 0.1) is 13.8 Å². The lowest BCUT2D eigenvalue weighted by Gasteiger charge is -2.33. The third-order valence-corrected chi connectivity index (χ3v) is 28.6. The van der Waals surface area contributed by atoms with Crippen molar-refractivity contribution < 1.29 is 27.4 Å². The normalized spacial score (nSPS) is 16.9. The lowest BCUT2D eigenvalue weighted by atomic mass is 9.96. The summed E-state index contributed by atoms with van der Waals surface area (Å²) in [7, 11) is 4.44. The minimum atomic E-state index is -3.45. The van der Waals surface area contributed by atoms with Crippen LogP contribution in [0.4, 0.5) is 40.6 Å². The number of benzene rings is 4. The Kier molecular flexibility index (Phi) is 30.3. The average Bonchev–Trinajstić information content (AvgIpc) is 1.53. The zero-order chi connectivity index (χ0) is 96.0. The first-order valence-corrected chi connectivity index (χ1v) is 50.3. The summed E-state index contributed by atoms with van der Waals surface area (Å²) in [4.78, 5) is 113. The number of anilines is 7. The number of sulfonamides is 1. The van der Waals surface area contributed by atoms with E-state index in [0.717, 1.165) is 184 Å². The molecule has 720 valence electrons. The van der Waals surface area contributed by atoms with Crippen LogP contribution in [0.25, 0.3) is 89.1 Å². The van der Waals surface area contributed by atoms with E-state index in [-0.39, 0.29) is 54.4 Å². The Hall–Kier alpha value is -13.7. The number of likely N-dealkylation sites (N-methyl/N-ethyl adjacent to an activating group) is 3. The number of aromatic nitrogens is 13. The maximum Gasteiger partial charge on any atom is 0.262 e. The third kappa shape index (κ3) is 23.5. The molecule has 139 heavy (non-hydrogen) atoms. The van der Waals surface area contributed by atoms with Crippen LogP contribution in [0.5, 0.6) is 11.5 Å². The number of carbonyl (C=O) groups excluding carboxylic acids is 1. The van der Waals surface area contributed by atoms with Crippen molar-refractivity contribution in [3.8, 4) is 67.5 Å². The number of hydrogen-bond donors (Lipinski definition) is 4. The van der Waals surface area contributed by atoms with Gasteiger partial charge in [-0.2, -0.15) is 15.0 Å². The summed E-state index contributed by atoms with van der Waals surface area (Å²) in [6, 6.07) is 53.2. The standard InChI is InChI=1S/C36H44N8O2.C35H38N8O3.C35H39N7O4S/c1-24-18-26(25-8-3-4-9-25)20-38-33(24)31-19-27-21-39-36(41-34(27)44(35(31)46)23-32(45)43-16-5-6-17-43)40-28-11-13-29(14-12-28)42(2)30-10-7-15-37-22-30;1-41-14-2-3-30(24-41)46-29-7-5-28(6-8-29)39-35-38-23-27-21-31(26-4-9-32(37-22-26)25-10-12-36-13-11-25)34(44)43(33(27)40-35)16-15-42-17-19-45-20-18-42;1-24-30(14-15-32(37-24)25-8-6-5-7-9-25)31-22-26-23-36-35(39-33(26)42(34(31)43)21-20-41(3)47(4,44)45)38-27-10-12-28(13-11-27)46-29-16-18-40(2)19-17-29/h11-14,18-21,25,30,37H,3-10,15-17,22-23H2,1-2H3,(H,39,40,41);4-13,21-23,30H,2-3,14-20,24H2,1H3,(H,38,39,40);5-15,22-23,29H,16-21H2,1-4H3,(H,36,38,39). The van der Waals surface area contributed by atoms with Gasteiger partial charge >= 0.3 is 0 Å². The fourth-order valence-electron chi connectivity index (χ4n) is 19.2. The Morgan fingerprint density at radius 1 is 0.504 bits per heavy atom. The smallest absolute Gasteiger partial charge is 0.262 e. The molecule has 32 nitrogen and oxygen atoms in total. The number of morpholine rings is 1. The molecule has 4 aromatic carbocycles. The molecule has 20 rings (SSSR count). The molecule has 14 aromatic rings. The number of carbonyl (C=O) groups is 1. The fraction of sp³-hybridized carbons (Fsp3) is 0.377. The molecule has 5 aliphatic heterocycles. The molecular weight excluding hydrogens is 1770 g/mol. The molecule has 4 N–H and O–H groups in total. The predicted molar refractivity (Wildman–Crippen MR) is 547 cm³/mol. The highest BCUT2D eigenvalue weighted by atomic mass is 32.2. The summed E-state index contributed by atoms with van der Waals surface area (Å²) < 4.78 is 48.3. The monoisotopic (exact) mass is 1890 g/mol. The first-order valence-electron chi connectivity index (χ1n) is 48.4. The van der Waals surface area contributed by atoms with Gasteiger partial charge in [0.15, 0.2) is 0 Å². The predicted octanol–water partition coefficient (Wildman–Crippen LogP) is 14.8. The molecule has 2 unspecified atom stereocenters. The van der Waals surface area contributed by atoms with Crippen LogP contribution < -0.4 is 52.3 Å². The Bertz CT molecular complexity index is 6950. The van der Waals surface area contributed by atoms with Crippen LogP contribution >= 0.6 is 0 Å². The van der Waals surface area contributed by atoms with Crippen molar-refractivity contribution in [1.82, 2.24) is 92.8 Å². The van der Waals surface area contributed by atoms with Gasteiger partial charge in [0, 0.05) is 220 Å². The number of amides is 1. The minimum absolute atomic E-state index is 0.0692. The topological polar surface area (TPSA) is 341 Å². The number of likely N-dealkylation sites (tertiary alicyclic amines) is 3. The summed E-state index contributed by atoms with van der Waals surface area (Å²) in [6.45, 7) is 15.9. The highest BCUT2D eigenvalue weighted by Gasteiger charge is 2.29. The molecule has 15 heterocycles. The highest BCUT2D eigenvalue weighted by molar-refractivity contribution is 7.88. The van der Waals surface area contributed by atoms with E-state index in [4.69, 9.17) is 39.1 Å². The van der Waals surface area contributed by atoms with E-state index >= 15 is 0 Å². The van der Waals surface area contributed by atoms with Crippen molar-refractivity contribution in [2.75, 3.05) is 147 Å². The van der Waals surface area contributed by atoms with Crippen LogP contribution in [0.2, 0.25) is 0 Å². The van der Waals surface area contributed by atoms with Gasteiger partial charge in [-0.05, 0) is 238 Å². The maximum atomic E-state index is 14.2. The van der Waals surface area contributed by atoms with Gasteiger partial charge in [0.2, 0.25) is 33.8 Å². The van der Waals surface area contributed by atoms with Crippen molar-refractivity contribution in [3.05, 3.63) is 255 Å². The second kappa shape index (κ2) is 44.0. The van der Waals surface area contributed by atoms with E-state index in [1.165, 1.54) is 64.6 Å². The molecule has 1 amide bonds.